The fourth-order valence-electron chi connectivity index (χ4n) is 3.06. The third-order valence-electron chi connectivity index (χ3n) is 4.37. The van der Waals surface area contributed by atoms with E-state index in [4.69, 9.17) is 9.83 Å². The normalized spacial score (nSPS) is 17.9. The number of rotatable bonds is 4. The number of hydrogen-bond donors (Lipinski definition) is 1. The monoisotopic (exact) mass is 520 g/mol. The van der Waals surface area contributed by atoms with E-state index < -0.39 is 15.7 Å². The number of amidine groups is 3. The van der Waals surface area contributed by atoms with Crippen molar-refractivity contribution in [3.63, 3.8) is 0 Å². The van der Waals surface area contributed by atoms with Crippen molar-refractivity contribution in [2.45, 2.75) is 13.8 Å². The van der Waals surface area contributed by atoms with Crippen molar-refractivity contribution in [3.05, 3.63) is 52.2 Å². The van der Waals surface area contributed by atoms with Gasteiger partial charge in [-0.05, 0) is 36.3 Å². The molecule has 4 rings (SSSR count). The molecule has 0 atom stereocenters. The summed E-state index contributed by atoms with van der Waals surface area (Å²) in [5.41, 5.74) is 0.777. The quantitative estimate of drug-likeness (QED) is 0.472. The second-order valence-corrected chi connectivity index (χ2v) is 10.9. The molecule has 0 fully saturated rings. The van der Waals surface area contributed by atoms with Crippen LogP contribution in [0.15, 0.2) is 60.3 Å². The molecular formula is C20H17BrN4O4S2. The molecule has 0 spiro atoms. The van der Waals surface area contributed by atoms with Crippen LogP contribution in [0.25, 0.3) is 17.4 Å². The molecule has 11 heteroatoms. The first kappa shape index (κ1) is 21.7. The molecule has 0 radical (unpaired) electrons. The van der Waals surface area contributed by atoms with Crippen LogP contribution in [0.4, 0.5) is 0 Å². The Labute approximate surface area is 191 Å². The van der Waals surface area contributed by atoms with Crippen LogP contribution >= 0.6 is 27.9 Å². The van der Waals surface area contributed by atoms with Crippen molar-refractivity contribution < 1.29 is 17.6 Å². The summed E-state index contributed by atoms with van der Waals surface area (Å²) in [6.07, 6.45) is 1.39. The number of halogens is 1. The zero-order valence-electron chi connectivity index (χ0n) is 16.5. The zero-order valence-corrected chi connectivity index (χ0v) is 19.7. The molecular weight excluding hydrogens is 504 g/mol. The first-order valence-corrected chi connectivity index (χ1v) is 12.4. The van der Waals surface area contributed by atoms with Gasteiger partial charge in [0.05, 0.1) is 23.3 Å². The topological polar surface area (TPSA) is 116 Å². The first-order chi connectivity index (χ1) is 14.7. The van der Waals surface area contributed by atoms with Gasteiger partial charge in [0.15, 0.2) is 0 Å². The van der Waals surface area contributed by atoms with Crippen molar-refractivity contribution >= 4 is 65.9 Å². The number of fused-ring (bicyclic) bond motifs is 1. The number of aliphatic imine (C=N–C) groups is 1. The Morgan fingerprint density at radius 3 is 2.61 bits per heavy atom. The number of carbonyl (C=O) groups excluding carboxylic acids is 1. The average Bonchev–Trinajstić information content (AvgIpc) is 3.32. The molecule has 0 aliphatic carbocycles. The summed E-state index contributed by atoms with van der Waals surface area (Å²) >= 11 is 4.16. The number of benzene rings is 1. The minimum Gasteiger partial charge on any atom is -0.457 e. The highest BCUT2D eigenvalue weighted by Gasteiger charge is 2.42. The van der Waals surface area contributed by atoms with E-state index in [1.54, 1.807) is 26.0 Å². The van der Waals surface area contributed by atoms with Gasteiger partial charge in [-0.3, -0.25) is 10.2 Å². The van der Waals surface area contributed by atoms with Crippen LogP contribution in [-0.2, 0) is 14.6 Å². The molecule has 160 valence electrons. The highest BCUT2D eigenvalue weighted by molar-refractivity contribution is 9.10. The number of hydrogen-bond acceptors (Lipinski definition) is 7. The van der Waals surface area contributed by atoms with E-state index in [9.17, 15) is 13.2 Å². The molecule has 1 aromatic carbocycles. The lowest BCUT2D eigenvalue weighted by Gasteiger charge is -2.24. The van der Waals surface area contributed by atoms with Gasteiger partial charge in [0.25, 0.3) is 5.91 Å². The van der Waals surface area contributed by atoms with Gasteiger partial charge in [-0.15, -0.1) is 0 Å². The maximum absolute atomic E-state index is 12.7. The minimum atomic E-state index is -3.74. The molecule has 8 nitrogen and oxygen atoms in total. The predicted octanol–water partition coefficient (Wildman–Crippen LogP) is 4.36. The molecule has 1 amide bonds. The largest absolute Gasteiger partial charge is 0.457 e. The van der Waals surface area contributed by atoms with Crippen LogP contribution in [0, 0.1) is 11.3 Å². The Morgan fingerprint density at radius 2 is 1.94 bits per heavy atom. The van der Waals surface area contributed by atoms with E-state index in [-0.39, 0.29) is 33.4 Å². The molecule has 3 heterocycles. The third kappa shape index (κ3) is 4.30. The lowest BCUT2D eigenvalue weighted by Crippen LogP contribution is -2.46. The van der Waals surface area contributed by atoms with E-state index >= 15 is 0 Å². The molecule has 31 heavy (non-hydrogen) atoms. The summed E-state index contributed by atoms with van der Waals surface area (Å²) in [7, 11) is -3.74. The summed E-state index contributed by atoms with van der Waals surface area (Å²) < 4.78 is 36.1. The van der Waals surface area contributed by atoms with Gasteiger partial charge in [0.1, 0.15) is 17.4 Å². The van der Waals surface area contributed by atoms with Crippen LogP contribution in [0.5, 0.6) is 0 Å². The number of sulfone groups is 1. The van der Waals surface area contributed by atoms with Gasteiger partial charge in [0.2, 0.25) is 20.2 Å². The molecule has 0 saturated carbocycles. The summed E-state index contributed by atoms with van der Waals surface area (Å²) in [5.74, 6) is -0.243. The smallest absolute Gasteiger partial charge is 0.283 e. The Morgan fingerprint density at radius 1 is 1.23 bits per heavy atom. The Balaban J connectivity index is 1.66. The van der Waals surface area contributed by atoms with Crippen molar-refractivity contribution in [2.75, 3.05) is 5.75 Å². The Kier molecular flexibility index (Phi) is 5.75. The van der Waals surface area contributed by atoms with Crippen molar-refractivity contribution in [1.82, 2.24) is 4.90 Å². The molecule has 1 N–H and O–H groups in total. The SMILES string of the molecule is CC(C)CS(=O)(=O)C1=NSC2=NC(=O)/C(=C\c3ccc(-c4ccc(Br)cc4)o3)C(=N)N21. The maximum Gasteiger partial charge on any atom is 0.283 e. The fourth-order valence-corrected chi connectivity index (χ4v) is 6.05. The minimum absolute atomic E-state index is 0.0597. The van der Waals surface area contributed by atoms with E-state index in [0.29, 0.717) is 11.5 Å². The lowest BCUT2D eigenvalue weighted by molar-refractivity contribution is -0.114. The maximum atomic E-state index is 12.7. The molecule has 0 saturated heterocycles. The molecule has 1 aromatic heterocycles. The van der Waals surface area contributed by atoms with Crippen LogP contribution in [0.3, 0.4) is 0 Å². The van der Waals surface area contributed by atoms with Gasteiger partial charge in [-0.2, -0.15) is 9.39 Å². The third-order valence-corrected chi connectivity index (χ3v) is 7.65. The standard InChI is InChI=1S/C20H17BrN4O4S2/c1-11(2)10-31(27,28)20-24-30-19-23-18(26)15(17(22)25(19)20)9-14-7-8-16(29-14)12-3-5-13(21)6-4-12/h3-9,11,22H,10H2,1-2H3/b15-9-,22-17?. The van der Waals surface area contributed by atoms with E-state index in [0.717, 1.165) is 26.9 Å². The van der Waals surface area contributed by atoms with Gasteiger partial charge in [-0.25, -0.2) is 13.3 Å². The Bertz CT molecular complexity index is 1270. The average molecular weight is 521 g/mol. The molecule has 0 bridgehead atoms. The number of nitrogens with one attached hydrogen (secondary N) is 1. The summed E-state index contributed by atoms with van der Waals surface area (Å²) in [4.78, 5) is 17.5. The Hall–Kier alpha value is -2.50. The second kappa shape index (κ2) is 8.21. The number of carbonyl (C=O) groups is 1. The number of nitrogens with zero attached hydrogens (tertiary/aromatic N) is 3. The summed E-state index contributed by atoms with van der Waals surface area (Å²) in [5, 5.41) is 8.28. The zero-order chi connectivity index (χ0) is 22.3. The number of amides is 1. The fraction of sp³-hybridized carbons (Fsp3) is 0.200. The molecule has 2 aromatic rings. The second-order valence-electron chi connectivity index (χ2n) is 7.29. The highest BCUT2D eigenvalue weighted by atomic mass is 79.9. The highest BCUT2D eigenvalue weighted by Crippen LogP contribution is 2.31. The van der Waals surface area contributed by atoms with Crippen LogP contribution < -0.4 is 0 Å². The predicted molar refractivity (Wildman–Crippen MR) is 125 cm³/mol. The van der Waals surface area contributed by atoms with E-state index in [1.165, 1.54) is 6.08 Å². The van der Waals surface area contributed by atoms with Gasteiger partial charge in [-0.1, -0.05) is 41.9 Å². The van der Waals surface area contributed by atoms with Gasteiger partial charge >= 0.3 is 0 Å². The van der Waals surface area contributed by atoms with Crippen molar-refractivity contribution in [2.24, 2.45) is 15.3 Å². The van der Waals surface area contributed by atoms with E-state index in [2.05, 4.69) is 25.3 Å². The molecule has 0 unspecified atom stereocenters. The van der Waals surface area contributed by atoms with Crippen molar-refractivity contribution in [1.29, 1.82) is 5.41 Å². The van der Waals surface area contributed by atoms with Crippen LogP contribution in [0.2, 0.25) is 0 Å². The first-order valence-electron chi connectivity index (χ1n) is 9.23. The molecule has 2 aliphatic rings. The van der Waals surface area contributed by atoms with E-state index in [1.807, 2.05) is 24.3 Å². The van der Waals surface area contributed by atoms with Crippen LogP contribution in [-0.4, -0.2) is 41.1 Å². The van der Waals surface area contributed by atoms with Gasteiger partial charge < -0.3 is 4.42 Å². The van der Waals surface area contributed by atoms with Crippen molar-refractivity contribution in [3.8, 4) is 11.3 Å². The summed E-state index contributed by atoms with van der Waals surface area (Å²) in [6, 6.07) is 11.0. The summed E-state index contributed by atoms with van der Waals surface area (Å²) in [6.45, 7) is 3.57. The van der Waals surface area contributed by atoms with Gasteiger partial charge in [0, 0.05) is 10.0 Å². The molecule has 2 aliphatic heterocycles. The van der Waals surface area contributed by atoms with Crippen LogP contribution in [0.1, 0.15) is 19.6 Å². The number of furan rings is 1. The lowest BCUT2D eigenvalue weighted by atomic mass is 10.1.